The van der Waals surface area contributed by atoms with Crippen molar-refractivity contribution in [2.45, 2.75) is 25.6 Å². The number of hydrogen-bond donors (Lipinski definition) is 1. The molecule has 0 aliphatic rings. The van der Waals surface area contributed by atoms with Crippen LogP contribution < -0.4 is 10.5 Å². The zero-order chi connectivity index (χ0) is 13.1. The molecule has 0 fully saturated rings. The number of alkyl halides is 3. The summed E-state index contributed by atoms with van der Waals surface area (Å²) in [5, 5.41) is 0. The average Bonchev–Trinajstić information content (AvgIpc) is 2.14. The molecule has 0 aromatic heterocycles. The Morgan fingerprint density at radius 1 is 1.47 bits per heavy atom. The van der Waals surface area contributed by atoms with E-state index in [2.05, 4.69) is 4.74 Å². The molecule has 1 aromatic carbocycles. The number of rotatable bonds is 4. The predicted octanol–water partition coefficient (Wildman–Crippen LogP) is 2.56. The van der Waals surface area contributed by atoms with Gasteiger partial charge in [0.2, 0.25) is 5.91 Å². The second-order valence-corrected chi connectivity index (χ2v) is 3.69. The van der Waals surface area contributed by atoms with Crippen molar-refractivity contribution in [1.29, 1.82) is 0 Å². The number of carbonyl (C=O) groups excluding carboxylic acids is 1. The van der Waals surface area contributed by atoms with Crippen molar-refractivity contribution >= 4 is 5.91 Å². The third-order valence-corrected chi connectivity index (χ3v) is 2.17. The summed E-state index contributed by atoms with van der Waals surface area (Å²) in [7, 11) is 0. The number of benzene rings is 1. The largest absolute Gasteiger partial charge is 0.573 e. The molecule has 0 aliphatic heterocycles. The summed E-state index contributed by atoms with van der Waals surface area (Å²) >= 11 is 0. The van der Waals surface area contributed by atoms with Gasteiger partial charge in [-0.05, 0) is 23.6 Å². The fourth-order valence-electron chi connectivity index (χ4n) is 1.44. The van der Waals surface area contributed by atoms with Crippen molar-refractivity contribution in [3.8, 4) is 5.75 Å². The molecule has 0 spiro atoms. The number of amides is 1. The van der Waals surface area contributed by atoms with Gasteiger partial charge in [-0.1, -0.05) is 19.1 Å². The van der Waals surface area contributed by atoms with Crippen LogP contribution in [0.1, 0.15) is 24.8 Å². The zero-order valence-electron chi connectivity index (χ0n) is 9.12. The van der Waals surface area contributed by atoms with Crippen LogP contribution >= 0.6 is 0 Å². The maximum Gasteiger partial charge on any atom is 0.573 e. The molecule has 0 unspecified atom stereocenters. The van der Waals surface area contributed by atoms with Gasteiger partial charge in [0.15, 0.2) is 0 Å². The van der Waals surface area contributed by atoms with Gasteiger partial charge in [0.25, 0.3) is 0 Å². The van der Waals surface area contributed by atoms with Gasteiger partial charge < -0.3 is 10.5 Å². The minimum Gasteiger partial charge on any atom is -0.406 e. The van der Waals surface area contributed by atoms with E-state index in [0.717, 1.165) is 0 Å². The van der Waals surface area contributed by atoms with Crippen LogP contribution in [0.15, 0.2) is 24.3 Å². The van der Waals surface area contributed by atoms with Crippen molar-refractivity contribution in [3.05, 3.63) is 29.8 Å². The van der Waals surface area contributed by atoms with Crippen LogP contribution in [0.5, 0.6) is 5.75 Å². The molecule has 1 atom stereocenters. The summed E-state index contributed by atoms with van der Waals surface area (Å²) in [5.41, 5.74) is 5.59. The minimum absolute atomic E-state index is 0.0788. The van der Waals surface area contributed by atoms with Gasteiger partial charge in [0.05, 0.1) is 0 Å². The Morgan fingerprint density at radius 2 is 2.12 bits per heavy atom. The smallest absolute Gasteiger partial charge is 0.406 e. The van der Waals surface area contributed by atoms with Gasteiger partial charge in [-0.3, -0.25) is 4.79 Å². The molecule has 94 valence electrons. The van der Waals surface area contributed by atoms with E-state index in [0.29, 0.717) is 5.56 Å². The van der Waals surface area contributed by atoms with E-state index in [1.165, 1.54) is 18.2 Å². The molecule has 1 rings (SSSR count). The average molecular weight is 247 g/mol. The predicted molar refractivity (Wildman–Crippen MR) is 55.4 cm³/mol. The van der Waals surface area contributed by atoms with Gasteiger partial charge >= 0.3 is 6.36 Å². The Hall–Kier alpha value is -1.72. The van der Waals surface area contributed by atoms with Crippen molar-refractivity contribution in [2.24, 2.45) is 5.73 Å². The van der Waals surface area contributed by atoms with Crippen molar-refractivity contribution in [1.82, 2.24) is 0 Å². The first-order valence-corrected chi connectivity index (χ1v) is 4.92. The maximum absolute atomic E-state index is 12.0. The van der Waals surface area contributed by atoms with E-state index in [1.807, 2.05) is 0 Å². The lowest BCUT2D eigenvalue weighted by molar-refractivity contribution is -0.274. The Kier molecular flexibility index (Phi) is 3.98. The second-order valence-electron chi connectivity index (χ2n) is 3.69. The van der Waals surface area contributed by atoms with Gasteiger partial charge in [0, 0.05) is 6.42 Å². The monoisotopic (exact) mass is 247 g/mol. The quantitative estimate of drug-likeness (QED) is 0.888. The highest BCUT2D eigenvalue weighted by atomic mass is 19.4. The number of ether oxygens (including phenoxy) is 1. The van der Waals surface area contributed by atoms with Crippen molar-refractivity contribution in [2.75, 3.05) is 0 Å². The third-order valence-electron chi connectivity index (χ3n) is 2.17. The van der Waals surface area contributed by atoms with Gasteiger partial charge in [0.1, 0.15) is 5.75 Å². The third kappa shape index (κ3) is 4.76. The summed E-state index contributed by atoms with van der Waals surface area (Å²) < 4.78 is 39.7. The number of carbonyl (C=O) groups is 1. The molecule has 0 bridgehead atoms. The molecule has 6 heteroatoms. The Bertz CT molecular complexity index is 404. The maximum atomic E-state index is 12.0. The molecule has 1 amide bonds. The number of nitrogens with two attached hydrogens (primary N) is 1. The lowest BCUT2D eigenvalue weighted by atomic mass is 9.97. The zero-order valence-corrected chi connectivity index (χ0v) is 9.12. The van der Waals surface area contributed by atoms with Crippen molar-refractivity contribution < 1.29 is 22.7 Å². The summed E-state index contributed by atoms with van der Waals surface area (Å²) in [6, 6.07) is 5.51. The van der Waals surface area contributed by atoms with E-state index >= 15 is 0 Å². The van der Waals surface area contributed by atoms with Crippen LogP contribution in [0.4, 0.5) is 13.2 Å². The molecule has 0 radical (unpaired) electrons. The summed E-state index contributed by atoms with van der Waals surface area (Å²) in [6.07, 6.45) is -4.64. The first-order chi connectivity index (χ1) is 7.78. The number of primary amides is 1. The summed E-state index contributed by atoms with van der Waals surface area (Å²) in [6.45, 7) is 1.71. The molecular formula is C11H12F3NO2. The normalized spacial score (nSPS) is 13.2. The summed E-state index contributed by atoms with van der Waals surface area (Å²) in [5.74, 6) is -1.05. The second kappa shape index (κ2) is 5.07. The van der Waals surface area contributed by atoms with Crippen LogP contribution in [0, 0.1) is 0 Å². The van der Waals surface area contributed by atoms with Gasteiger partial charge in [-0.15, -0.1) is 13.2 Å². The first-order valence-electron chi connectivity index (χ1n) is 4.92. The van der Waals surface area contributed by atoms with E-state index < -0.39 is 12.3 Å². The highest BCUT2D eigenvalue weighted by molar-refractivity contribution is 5.74. The van der Waals surface area contributed by atoms with Crippen LogP contribution in [0.2, 0.25) is 0 Å². The molecular weight excluding hydrogens is 235 g/mol. The molecule has 0 aliphatic carbocycles. The van der Waals surface area contributed by atoms with E-state index in [-0.39, 0.29) is 18.1 Å². The van der Waals surface area contributed by atoms with Crippen molar-refractivity contribution in [3.63, 3.8) is 0 Å². The molecule has 0 saturated carbocycles. The number of hydrogen-bond acceptors (Lipinski definition) is 2. The summed E-state index contributed by atoms with van der Waals surface area (Å²) in [4.78, 5) is 10.7. The molecule has 0 heterocycles. The molecule has 17 heavy (non-hydrogen) atoms. The Balaban J connectivity index is 2.82. The highest BCUT2D eigenvalue weighted by Gasteiger charge is 2.31. The van der Waals surface area contributed by atoms with Gasteiger partial charge in [-0.25, -0.2) is 0 Å². The van der Waals surface area contributed by atoms with E-state index in [9.17, 15) is 18.0 Å². The van der Waals surface area contributed by atoms with Crippen LogP contribution in [0.25, 0.3) is 0 Å². The fourth-order valence-corrected chi connectivity index (χ4v) is 1.44. The lowest BCUT2D eigenvalue weighted by Crippen LogP contribution is -2.17. The van der Waals surface area contributed by atoms with Gasteiger partial charge in [-0.2, -0.15) is 0 Å². The highest BCUT2D eigenvalue weighted by Crippen LogP contribution is 2.27. The SMILES string of the molecule is C[C@H](CC(N)=O)c1cccc(OC(F)(F)F)c1. The molecule has 2 N–H and O–H groups in total. The first kappa shape index (κ1) is 13.3. The lowest BCUT2D eigenvalue weighted by Gasteiger charge is -2.13. The van der Waals surface area contributed by atoms with Crippen LogP contribution in [0.3, 0.4) is 0 Å². The molecule has 1 aromatic rings. The van der Waals surface area contributed by atoms with E-state index in [1.54, 1.807) is 13.0 Å². The minimum atomic E-state index is -4.72. The number of halogens is 3. The Labute approximate surface area is 96.4 Å². The molecule has 3 nitrogen and oxygen atoms in total. The van der Waals surface area contributed by atoms with Crippen LogP contribution in [-0.2, 0) is 4.79 Å². The van der Waals surface area contributed by atoms with E-state index in [4.69, 9.17) is 5.73 Å². The Morgan fingerprint density at radius 3 is 2.65 bits per heavy atom. The fraction of sp³-hybridized carbons (Fsp3) is 0.364. The molecule has 0 saturated heterocycles. The topological polar surface area (TPSA) is 52.3 Å². The standard InChI is InChI=1S/C11H12F3NO2/c1-7(5-10(15)16)8-3-2-4-9(6-8)17-11(12,13)14/h2-4,6-7H,5H2,1H3,(H2,15,16)/t7-/m1/s1. The van der Waals surface area contributed by atoms with Crippen LogP contribution in [-0.4, -0.2) is 12.3 Å².